The van der Waals surface area contributed by atoms with Crippen LogP contribution in [0.4, 0.5) is 0 Å². The van der Waals surface area contributed by atoms with Gasteiger partial charge in [-0.05, 0) is 32.0 Å². The maximum absolute atomic E-state index is 9.13. The Balaban J connectivity index is 3.60. The summed E-state index contributed by atoms with van der Waals surface area (Å²) < 4.78 is 0. The van der Waals surface area contributed by atoms with E-state index in [1.54, 1.807) is 0 Å². The Kier molecular flexibility index (Phi) is 4.89. The van der Waals surface area contributed by atoms with E-state index in [0.29, 0.717) is 12.5 Å². The second kappa shape index (κ2) is 4.84. The highest BCUT2D eigenvalue weighted by atomic mass is 28.3. The highest BCUT2D eigenvalue weighted by Crippen LogP contribution is 2.07. The Morgan fingerprint density at radius 1 is 1.60 bits per heavy atom. The summed E-state index contributed by atoms with van der Waals surface area (Å²) in [5.74, 6) is 0.312. The van der Waals surface area contributed by atoms with Crippen LogP contribution in [0.15, 0.2) is 0 Å². The molecule has 0 aliphatic heterocycles. The fourth-order valence-electron chi connectivity index (χ4n) is 0.964. The predicted molar refractivity (Wildman–Crippen MR) is 46.2 cm³/mol. The normalized spacial score (nSPS) is 20.1. The lowest BCUT2D eigenvalue weighted by Gasteiger charge is -2.18. The van der Waals surface area contributed by atoms with Gasteiger partial charge in [0.25, 0.3) is 0 Å². The number of rotatable bonds is 4. The number of hydrogen-bond acceptors (Lipinski definition) is 3. The molecule has 0 aromatic carbocycles. The van der Waals surface area contributed by atoms with Crippen LogP contribution in [-0.2, 0) is 0 Å². The van der Waals surface area contributed by atoms with E-state index in [2.05, 4.69) is 0 Å². The zero-order valence-electron chi connectivity index (χ0n) is 6.75. The van der Waals surface area contributed by atoms with Crippen molar-refractivity contribution in [1.82, 2.24) is 0 Å². The van der Waals surface area contributed by atoms with E-state index >= 15 is 0 Å². The van der Waals surface area contributed by atoms with E-state index in [9.17, 15) is 0 Å². The van der Waals surface area contributed by atoms with Crippen LogP contribution in [0.1, 0.15) is 6.92 Å². The van der Waals surface area contributed by atoms with Crippen LogP contribution < -0.4 is 11.5 Å². The Morgan fingerprint density at radius 2 is 2.10 bits per heavy atom. The first-order valence-corrected chi connectivity index (χ1v) is 6.20. The Hall–Kier alpha value is 0.0969. The lowest BCUT2D eigenvalue weighted by molar-refractivity contribution is 0.465. The van der Waals surface area contributed by atoms with E-state index in [1.165, 1.54) is 0 Å². The first kappa shape index (κ1) is 10.1. The van der Waals surface area contributed by atoms with Crippen LogP contribution in [0.25, 0.3) is 0 Å². The molecule has 0 radical (unpaired) electrons. The minimum atomic E-state index is -1.46. The van der Waals surface area contributed by atoms with Gasteiger partial charge in [-0.3, -0.25) is 0 Å². The molecule has 0 aliphatic carbocycles. The smallest absolute Gasteiger partial charge is 0.169 e. The van der Waals surface area contributed by atoms with Gasteiger partial charge >= 0.3 is 0 Å². The van der Waals surface area contributed by atoms with Gasteiger partial charge in [-0.15, -0.1) is 0 Å². The molecule has 0 aromatic rings. The molecule has 0 fully saturated rings. The van der Waals surface area contributed by atoms with Crippen molar-refractivity contribution in [2.45, 2.75) is 25.6 Å². The van der Waals surface area contributed by atoms with Gasteiger partial charge in [0, 0.05) is 6.04 Å². The standard InChI is InChI=1S/C6H18N2OSi/c1-5(8)6(3-7)4-10(2)9/h5-6,9-10H,3-4,7-8H2,1-2H3. The van der Waals surface area contributed by atoms with Crippen molar-refractivity contribution in [2.24, 2.45) is 17.4 Å². The zero-order valence-corrected chi connectivity index (χ0v) is 7.90. The maximum atomic E-state index is 9.13. The summed E-state index contributed by atoms with van der Waals surface area (Å²) in [5, 5.41) is 0. The SMILES string of the molecule is CC(N)C(CN)C[SiH](C)O. The predicted octanol–water partition coefficient (Wildman–Crippen LogP) is -0.746. The highest BCUT2D eigenvalue weighted by molar-refractivity contribution is 6.48. The quantitative estimate of drug-likeness (QED) is 0.477. The molecule has 3 atom stereocenters. The molecule has 10 heavy (non-hydrogen) atoms. The lowest BCUT2D eigenvalue weighted by Crippen LogP contribution is -2.34. The molecular weight excluding hydrogens is 144 g/mol. The third-order valence-corrected chi connectivity index (χ3v) is 2.98. The monoisotopic (exact) mass is 162 g/mol. The number of hydrogen-bond donors (Lipinski definition) is 3. The second-order valence-electron chi connectivity index (χ2n) is 2.94. The summed E-state index contributed by atoms with van der Waals surface area (Å²) >= 11 is 0. The molecule has 0 heterocycles. The molecule has 3 nitrogen and oxygen atoms in total. The number of nitrogens with two attached hydrogens (primary N) is 2. The minimum absolute atomic E-state index is 0.118. The summed E-state index contributed by atoms with van der Waals surface area (Å²) in [5.41, 5.74) is 11.1. The molecule has 0 rings (SSSR count). The van der Waals surface area contributed by atoms with Crippen LogP contribution in [-0.4, -0.2) is 26.4 Å². The van der Waals surface area contributed by atoms with E-state index in [1.807, 2.05) is 13.5 Å². The van der Waals surface area contributed by atoms with Crippen molar-refractivity contribution in [3.8, 4) is 0 Å². The molecule has 0 bridgehead atoms. The van der Waals surface area contributed by atoms with Gasteiger partial charge in [0.2, 0.25) is 0 Å². The van der Waals surface area contributed by atoms with Gasteiger partial charge in [0.05, 0.1) is 0 Å². The summed E-state index contributed by atoms with van der Waals surface area (Å²) in [6.07, 6.45) is 0. The highest BCUT2D eigenvalue weighted by Gasteiger charge is 2.14. The summed E-state index contributed by atoms with van der Waals surface area (Å²) in [7, 11) is -1.46. The van der Waals surface area contributed by atoms with Gasteiger partial charge in [-0.2, -0.15) is 0 Å². The van der Waals surface area contributed by atoms with Crippen LogP contribution in [0.2, 0.25) is 12.6 Å². The Morgan fingerprint density at radius 3 is 2.20 bits per heavy atom. The molecule has 3 unspecified atom stereocenters. The summed E-state index contributed by atoms with van der Waals surface area (Å²) in [6, 6.07) is 0.959. The average Bonchev–Trinajstić information content (AvgIpc) is 1.81. The molecule has 0 aromatic heterocycles. The summed E-state index contributed by atoms with van der Waals surface area (Å²) in [4.78, 5) is 9.13. The van der Waals surface area contributed by atoms with E-state index in [-0.39, 0.29) is 6.04 Å². The molecule has 0 saturated carbocycles. The Labute approximate surface area is 64.1 Å². The van der Waals surface area contributed by atoms with Gasteiger partial charge in [-0.1, -0.05) is 0 Å². The van der Waals surface area contributed by atoms with Gasteiger partial charge < -0.3 is 16.3 Å². The Bertz CT molecular complexity index is 87.8. The van der Waals surface area contributed by atoms with Crippen LogP contribution in [0.3, 0.4) is 0 Å². The maximum Gasteiger partial charge on any atom is 0.169 e. The third kappa shape index (κ3) is 4.00. The molecular formula is C6H18N2OSi. The first-order chi connectivity index (χ1) is 4.57. The van der Waals surface area contributed by atoms with Crippen molar-refractivity contribution in [1.29, 1.82) is 0 Å². The molecule has 0 aliphatic rings. The molecule has 0 amide bonds. The first-order valence-electron chi connectivity index (χ1n) is 3.71. The van der Waals surface area contributed by atoms with Crippen molar-refractivity contribution in [2.75, 3.05) is 6.54 Å². The van der Waals surface area contributed by atoms with E-state index in [4.69, 9.17) is 16.3 Å². The minimum Gasteiger partial charge on any atom is -0.435 e. The second-order valence-corrected chi connectivity index (χ2v) is 5.11. The van der Waals surface area contributed by atoms with Crippen LogP contribution >= 0.6 is 0 Å². The molecule has 5 N–H and O–H groups in total. The molecule has 0 saturated heterocycles. The fraction of sp³-hybridized carbons (Fsp3) is 1.00. The zero-order chi connectivity index (χ0) is 8.15. The topological polar surface area (TPSA) is 72.3 Å². The fourth-order valence-corrected chi connectivity index (χ4v) is 2.46. The van der Waals surface area contributed by atoms with Crippen molar-refractivity contribution >= 4 is 9.04 Å². The van der Waals surface area contributed by atoms with Crippen molar-refractivity contribution in [3.05, 3.63) is 0 Å². The molecule has 62 valence electrons. The largest absolute Gasteiger partial charge is 0.435 e. The van der Waals surface area contributed by atoms with Gasteiger partial charge in [-0.25, -0.2) is 0 Å². The summed E-state index contributed by atoms with van der Waals surface area (Å²) in [6.45, 7) is 4.43. The van der Waals surface area contributed by atoms with E-state index in [0.717, 1.165) is 6.04 Å². The lowest BCUT2D eigenvalue weighted by atomic mass is 10.1. The van der Waals surface area contributed by atoms with Crippen LogP contribution in [0, 0.1) is 5.92 Å². The van der Waals surface area contributed by atoms with Crippen molar-refractivity contribution < 1.29 is 4.80 Å². The third-order valence-electron chi connectivity index (χ3n) is 1.69. The van der Waals surface area contributed by atoms with Crippen molar-refractivity contribution in [3.63, 3.8) is 0 Å². The van der Waals surface area contributed by atoms with E-state index < -0.39 is 9.04 Å². The molecule has 0 spiro atoms. The van der Waals surface area contributed by atoms with Gasteiger partial charge in [0.1, 0.15) is 0 Å². The van der Waals surface area contributed by atoms with Crippen LogP contribution in [0.5, 0.6) is 0 Å². The average molecular weight is 162 g/mol. The van der Waals surface area contributed by atoms with Gasteiger partial charge in [0.15, 0.2) is 9.04 Å². The molecule has 4 heteroatoms.